The van der Waals surface area contributed by atoms with E-state index in [1.165, 1.54) is 10.8 Å². The largest absolute Gasteiger partial charge is 0.362 e. The van der Waals surface area contributed by atoms with Crippen LogP contribution in [0.4, 0.5) is 0 Å². The van der Waals surface area contributed by atoms with E-state index < -0.39 is 35.8 Å². The highest BCUT2D eigenvalue weighted by Crippen LogP contribution is 2.47. The number of benzene rings is 3. The van der Waals surface area contributed by atoms with Gasteiger partial charge in [0.05, 0.1) is 19.1 Å². The van der Waals surface area contributed by atoms with Crippen molar-refractivity contribution in [1.29, 1.82) is 0 Å². The number of ether oxygens (including phenoxy) is 4. The van der Waals surface area contributed by atoms with Crippen molar-refractivity contribution < 1.29 is 18.9 Å². The Bertz CT molecular complexity index is 1610. The van der Waals surface area contributed by atoms with Crippen molar-refractivity contribution in [1.82, 2.24) is 19.6 Å². The third kappa shape index (κ3) is 4.38. The van der Waals surface area contributed by atoms with Gasteiger partial charge in [-0.15, -0.1) is 0 Å². The van der Waals surface area contributed by atoms with Crippen molar-refractivity contribution >= 4 is 5.65 Å². The van der Waals surface area contributed by atoms with Gasteiger partial charge in [-0.05, 0) is 30.5 Å². The van der Waals surface area contributed by atoms with Gasteiger partial charge >= 0.3 is 5.69 Å². The minimum absolute atomic E-state index is 0.211. The zero-order chi connectivity index (χ0) is 28.0. The summed E-state index contributed by atoms with van der Waals surface area (Å²) in [5.74, 6) is -0.821. The maximum atomic E-state index is 12.3. The lowest BCUT2D eigenvalue weighted by Crippen LogP contribution is -2.39. The number of hydrogen-bond acceptors (Lipinski definition) is 7. The lowest BCUT2D eigenvalue weighted by molar-refractivity contribution is -0.196. The third-order valence-electron chi connectivity index (χ3n) is 7.80. The summed E-state index contributed by atoms with van der Waals surface area (Å²) in [6.45, 7) is 3.99. The van der Waals surface area contributed by atoms with Gasteiger partial charge in [0, 0.05) is 5.56 Å². The number of H-pyrrole nitrogens is 1. The number of nitrogens with one attached hydrogen (secondary N) is 1. The van der Waals surface area contributed by atoms with E-state index in [0.29, 0.717) is 11.2 Å². The fraction of sp³-hybridized carbons (Fsp3) is 0.281. The van der Waals surface area contributed by atoms with Gasteiger partial charge in [0.1, 0.15) is 30.0 Å². The van der Waals surface area contributed by atoms with E-state index in [1.54, 1.807) is 6.20 Å². The van der Waals surface area contributed by atoms with Gasteiger partial charge < -0.3 is 18.9 Å². The molecular weight excluding hydrogens is 520 g/mol. The topological polar surface area (TPSA) is 100.0 Å². The first kappa shape index (κ1) is 25.8. The highest BCUT2D eigenvalue weighted by Gasteiger charge is 2.57. The minimum atomic E-state index is -0.908. The SMILES string of the molecule is CC1(C)O[C@@H]2[C@H](O1)[C@@H](COC(c1ccccc1)(c1ccccc1)c1ccccc1)O[C@@H]2c1cnn2c(=O)[nH]cnc12. The molecule has 41 heavy (non-hydrogen) atoms. The normalized spacial score (nSPS) is 23.6. The highest BCUT2D eigenvalue weighted by atomic mass is 16.8. The van der Waals surface area contributed by atoms with Crippen molar-refractivity contribution in [3.8, 4) is 0 Å². The molecule has 0 aliphatic carbocycles. The molecule has 9 nitrogen and oxygen atoms in total. The van der Waals surface area contributed by atoms with Crippen molar-refractivity contribution in [3.05, 3.63) is 136 Å². The van der Waals surface area contributed by atoms with Crippen LogP contribution in [0.2, 0.25) is 0 Å². The molecule has 4 atom stereocenters. The average Bonchev–Trinajstić information content (AvgIpc) is 3.67. The van der Waals surface area contributed by atoms with E-state index in [4.69, 9.17) is 18.9 Å². The quantitative estimate of drug-likeness (QED) is 0.300. The van der Waals surface area contributed by atoms with Crippen molar-refractivity contribution in [2.45, 2.75) is 49.7 Å². The van der Waals surface area contributed by atoms with E-state index in [9.17, 15) is 4.79 Å². The van der Waals surface area contributed by atoms with Crippen LogP contribution in [-0.2, 0) is 24.5 Å². The maximum absolute atomic E-state index is 12.3. The van der Waals surface area contributed by atoms with Crippen molar-refractivity contribution in [3.63, 3.8) is 0 Å². The monoisotopic (exact) mass is 550 g/mol. The maximum Gasteiger partial charge on any atom is 0.349 e. The van der Waals surface area contributed by atoms with E-state index in [2.05, 4.69) is 51.5 Å². The van der Waals surface area contributed by atoms with Gasteiger partial charge in [0.25, 0.3) is 0 Å². The predicted octanol–water partition coefficient (Wildman–Crippen LogP) is 4.39. The number of nitrogens with zero attached hydrogens (tertiary/aromatic N) is 3. The number of aromatic amines is 1. The summed E-state index contributed by atoms with van der Waals surface area (Å²) < 4.78 is 27.7. The molecule has 0 amide bonds. The zero-order valence-electron chi connectivity index (χ0n) is 22.7. The zero-order valence-corrected chi connectivity index (χ0v) is 22.7. The number of rotatable bonds is 7. The van der Waals surface area contributed by atoms with Gasteiger partial charge in [-0.2, -0.15) is 9.61 Å². The summed E-state index contributed by atoms with van der Waals surface area (Å²) >= 11 is 0. The summed E-state index contributed by atoms with van der Waals surface area (Å²) in [5.41, 5.74) is 2.79. The number of aromatic nitrogens is 4. The summed E-state index contributed by atoms with van der Waals surface area (Å²) in [5, 5.41) is 4.25. The second-order valence-electron chi connectivity index (χ2n) is 10.8. The Kier molecular flexibility index (Phi) is 6.32. The smallest absolute Gasteiger partial charge is 0.349 e. The fourth-order valence-corrected chi connectivity index (χ4v) is 6.09. The van der Waals surface area contributed by atoms with Gasteiger partial charge in [-0.25, -0.2) is 9.78 Å². The first-order valence-corrected chi connectivity index (χ1v) is 13.7. The molecule has 208 valence electrons. The lowest BCUT2D eigenvalue weighted by atomic mass is 9.80. The van der Waals surface area contributed by atoms with Gasteiger partial charge in [-0.3, -0.25) is 4.98 Å². The van der Waals surface area contributed by atoms with Crippen molar-refractivity contribution in [2.24, 2.45) is 0 Å². The highest BCUT2D eigenvalue weighted by molar-refractivity contribution is 5.49. The Hall–Kier alpha value is -4.15. The molecule has 0 unspecified atom stereocenters. The van der Waals surface area contributed by atoms with E-state index in [1.807, 2.05) is 68.4 Å². The Morgan fingerprint density at radius 3 is 2.02 bits per heavy atom. The van der Waals surface area contributed by atoms with Crippen LogP contribution >= 0.6 is 0 Å². The van der Waals surface area contributed by atoms with E-state index >= 15 is 0 Å². The summed E-state index contributed by atoms with van der Waals surface area (Å²) in [6.07, 6.45) is 1.10. The fourth-order valence-electron chi connectivity index (χ4n) is 6.09. The summed E-state index contributed by atoms with van der Waals surface area (Å²) in [7, 11) is 0. The molecule has 0 saturated carbocycles. The summed E-state index contributed by atoms with van der Waals surface area (Å²) in [4.78, 5) is 19.2. The van der Waals surface area contributed by atoms with Crippen LogP contribution in [0, 0.1) is 0 Å². The molecule has 1 N–H and O–H groups in total. The van der Waals surface area contributed by atoms with Crippen LogP contribution in [0.25, 0.3) is 5.65 Å². The second kappa shape index (κ2) is 10.0. The number of fused-ring (bicyclic) bond motifs is 2. The molecule has 9 heteroatoms. The molecule has 0 bridgehead atoms. The molecule has 4 heterocycles. The van der Waals surface area contributed by atoms with Gasteiger partial charge in [0.15, 0.2) is 11.4 Å². The molecule has 2 saturated heterocycles. The average molecular weight is 551 g/mol. The second-order valence-corrected chi connectivity index (χ2v) is 10.8. The predicted molar refractivity (Wildman–Crippen MR) is 150 cm³/mol. The van der Waals surface area contributed by atoms with Crippen molar-refractivity contribution in [2.75, 3.05) is 6.61 Å². The van der Waals surface area contributed by atoms with Gasteiger partial charge in [-0.1, -0.05) is 91.0 Å². The first-order chi connectivity index (χ1) is 20.0. The van der Waals surface area contributed by atoms with Crippen LogP contribution in [-0.4, -0.2) is 50.3 Å². The van der Waals surface area contributed by atoms with Crippen LogP contribution < -0.4 is 5.69 Å². The molecule has 7 rings (SSSR count). The standard InChI is InChI=1S/C32H30N4O5/c1-31(2)40-27-25(39-26(28(27)41-31)24-18-35-36-29(24)33-20-34-30(36)37)19-38-32(21-12-6-3-7-13-21,22-14-8-4-9-15-22)23-16-10-5-11-17-23/h3-18,20,25-28H,19H2,1-2H3,(H,33,34,37)/t25-,26-,27-,28+/m1/s1. The first-order valence-electron chi connectivity index (χ1n) is 13.7. The van der Waals surface area contributed by atoms with Crippen LogP contribution in [0.15, 0.2) is 108 Å². The van der Waals surface area contributed by atoms with E-state index in [-0.39, 0.29) is 12.3 Å². The molecule has 2 aromatic heterocycles. The molecular formula is C32H30N4O5. The van der Waals surface area contributed by atoms with Crippen LogP contribution in [0.1, 0.15) is 42.2 Å². The molecule has 0 spiro atoms. The van der Waals surface area contributed by atoms with Gasteiger partial charge in [0.2, 0.25) is 0 Å². The molecule has 2 aliphatic rings. The molecule has 5 aromatic rings. The number of hydrogen-bond donors (Lipinski definition) is 1. The summed E-state index contributed by atoms with van der Waals surface area (Å²) in [6, 6.07) is 30.6. The Labute approximate surface area is 236 Å². The minimum Gasteiger partial charge on any atom is -0.362 e. The molecule has 2 aliphatic heterocycles. The Morgan fingerprint density at radius 2 is 1.44 bits per heavy atom. The lowest BCUT2D eigenvalue weighted by Gasteiger charge is -2.37. The molecule has 3 aromatic carbocycles. The third-order valence-corrected chi connectivity index (χ3v) is 7.80. The van der Waals surface area contributed by atoms with Crippen LogP contribution in [0.3, 0.4) is 0 Å². The van der Waals surface area contributed by atoms with Crippen LogP contribution in [0.5, 0.6) is 0 Å². The van der Waals surface area contributed by atoms with E-state index in [0.717, 1.165) is 16.7 Å². The Morgan fingerprint density at radius 1 is 0.878 bits per heavy atom. The molecule has 0 radical (unpaired) electrons. The Balaban J connectivity index is 1.29. The molecule has 2 fully saturated rings.